The summed E-state index contributed by atoms with van der Waals surface area (Å²) in [7, 11) is 0. The number of carbonyl (C=O) groups excluding carboxylic acids is 1. The second-order valence-corrected chi connectivity index (χ2v) is 6.38. The van der Waals surface area contributed by atoms with E-state index in [-0.39, 0.29) is 5.91 Å². The first-order chi connectivity index (χ1) is 9.13. The molecule has 3 nitrogen and oxygen atoms in total. The van der Waals surface area contributed by atoms with Crippen LogP contribution in [0.2, 0.25) is 0 Å². The average molecular weight is 268 g/mol. The zero-order chi connectivity index (χ0) is 14.1. The molecule has 1 aliphatic rings. The van der Waals surface area contributed by atoms with Crippen LogP contribution in [-0.2, 0) is 4.79 Å². The van der Waals surface area contributed by atoms with Gasteiger partial charge < -0.3 is 11.1 Å². The van der Waals surface area contributed by atoms with E-state index in [1.54, 1.807) is 0 Å². The summed E-state index contributed by atoms with van der Waals surface area (Å²) >= 11 is 0. The second kappa shape index (κ2) is 9.35. The molecule has 1 aliphatic carbocycles. The standard InChI is InChI=1S/C16H32N2O/c1-13(2)14(11-12-17)9-10-16(19)18-15-7-5-3-4-6-8-15/h13-15H,3-12,17H2,1-2H3,(H,18,19). The van der Waals surface area contributed by atoms with Crippen molar-refractivity contribution in [2.45, 2.75) is 77.7 Å². The minimum atomic E-state index is 0.245. The zero-order valence-corrected chi connectivity index (χ0v) is 12.8. The van der Waals surface area contributed by atoms with E-state index in [0.717, 1.165) is 19.4 Å². The van der Waals surface area contributed by atoms with Gasteiger partial charge in [0.15, 0.2) is 0 Å². The van der Waals surface area contributed by atoms with Crippen LogP contribution in [0.5, 0.6) is 0 Å². The Morgan fingerprint density at radius 1 is 1.16 bits per heavy atom. The Labute approximate surface area is 118 Å². The summed E-state index contributed by atoms with van der Waals surface area (Å²) < 4.78 is 0. The van der Waals surface area contributed by atoms with Crippen molar-refractivity contribution >= 4 is 5.91 Å². The van der Waals surface area contributed by atoms with Crippen LogP contribution in [0.4, 0.5) is 0 Å². The summed E-state index contributed by atoms with van der Waals surface area (Å²) in [5.74, 6) is 1.45. The monoisotopic (exact) mass is 268 g/mol. The first kappa shape index (κ1) is 16.5. The Morgan fingerprint density at radius 2 is 1.79 bits per heavy atom. The molecule has 1 saturated carbocycles. The lowest BCUT2D eigenvalue weighted by Gasteiger charge is -2.21. The molecular weight excluding hydrogens is 236 g/mol. The molecule has 0 heterocycles. The summed E-state index contributed by atoms with van der Waals surface area (Å²) in [6, 6.07) is 0.432. The van der Waals surface area contributed by atoms with Crippen LogP contribution in [0.3, 0.4) is 0 Å². The molecule has 0 aliphatic heterocycles. The molecule has 0 aromatic heterocycles. The maximum Gasteiger partial charge on any atom is 0.220 e. The zero-order valence-electron chi connectivity index (χ0n) is 12.8. The van der Waals surface area contributed by atoms with Gasteiger partial charge in [-0.25, -0.2) is 0 Å². The van der Waals surface area contributed by atoms with E-state index in [1.807, 2.05) is 0 Å². The molecule has 1 amide bonds. The van der Waals surface area contributed by atoms with E-state index < -0.39 is 0 Å². The summed E-state index contributed by atoms with van der Waals surface area (Å²) in [5, 5.41) is 3.23. The second-order valence-electron chi connectivity index (χ2n) is 6.38. The fraction of sp³-hybridized carbons (Fsp3) is 0.938. The van der Waals surface area contributed by atoms with E-state index in [2.05, 4.69) is 19.2 Å². The van der Waals surface area contributed by atoms with Crippen LogP contribution in [0.1, 0.15) is 71.6 Å². The van der Waals surface area contributed by atoms with Gasteiger partial charge in [0.05, 0.1) is 0 Å². The van der Waals surface area contributed by atoms with Crippen LogP contribution in [0.15, 0.2) is 0 Å². The Balaban J connectivity index is 2.25. The van der Waals surface area contributed by atoms with Crippen molar-refractivity contribution in [2.75, 3.05) is 6.54 Å². The summed E-state index contributed by atoms with van der Waals surface area (Å²) in [5.41, 5.74) is 5.64. The summed E-state index contributed by atoms with van der Waals surface area (Å²) in [4.78, 5) is 12.0. The minimum Gasteiger partial charge on any atom is -0.353 e. The van der Waals surface area contributed by atoms with E-state index in [0.29, 0.717) is 24.3 Å². The van der Waals surface area contributed by atoms with Crippen LogP contribution in [0, 0.1) is 11.8 Å². The highest BCUT2D eigenvalue weighted by molar-refractivity contribution is 5.76. The molecule has 112 valence electrons. The van der Waals surface area contributed by atoms with Gasteiger partial charge in [-0.2, -0.15) is 0 Å². The topological polar surface area (TPSA) is 55.1 Å². The quantitative estimate of drug-likeness (QED) is 0.697. The predicted molar refractivity (Wildman–Crippen MR) is 80.9 cm³/mol. The van der Waals surface area contributed by atoms with Gasteiger partial charge in [0.1, 0.15) is 0 Å². The van der Waals surface area contributed by atoms with Gasteiger partial charge in [-0.15, -0.1) is 0 Å². The van der Waals surface area contributed by atoms with Crippen LogP contribution < -0.4 is 11.1 Å². The fourth-order valence-electron chi connectivity index (χ4n) is 3.07. The number of rotatable bonds is 7. The molecule has 0 aromatic rings. The van der Waals surface area contributed by atoms with Crippen molar-refractivity contribution in [3.05, 3.63) is 0 Å². The van der Waals surface area contributed by atoms with Crippen LogP contribution in [0.25, 0.3) is 0 Å². The maximum absolute atomic E-state index is 12.0. The highest BCUT2D eigenvalue weighted by Crippen LogP contribution is 2.21. The van der Waals surface area contributed by atoms with Gasteiger partial charge in [0, 0.05) is 12.5 Å². The highest BCUT2D eigenvalue weighted by Gasteiger charge is 2.17. The third-order valence-electron chi connectivity index (χ3n) is 4.44. The molecule has 1 unspecified atom stereocenters. The largest absolute Gasteiger partial charge is 0.353 e. The van der Waals surface area contributed by atoms with Crippen molar-refractivity contribution in [3.8, 4) is 0 Å². The van der Waals surface area contributed by atoms with E-state index in [4.69, 9.17) is 5.73 Å². The first-order valence-corrected chi connectivity index (χ1v) is 8.13. The Hall–Kier alpha value is -0.570. The average Bonchev–Trinajstić information content (AvgIpc) is 2.62. The predicted octanol–water partition coefficient (Wildman–Crippen LogP) is 3.23. The van der Waals surface area contributed by atoms with Gasteiger partial charge in [-0.3, -0.25) is 4.79 Å². The third kappa shape index (κ3) is 6.95. The summed E-state index contributed by atoms with van der Waals surface area (Å²) in [6.45, 7) is 5.18. The van der Waals surface area contributed by atoms with Crippen LogP contribution in [-0.4, -0.2) is 18.5 Å². The lowest BCUT2D eigenvalue weighted by molar-refractivity contribution is -0.122. The fourth-order valence-corrected chi connectivity index (χ4v) is 3.07. The van der Waals surface area contributed by atoms with Crippen molar-refractivity contribution < 1.29 is 4.79 Å². The molecule has 0 aromatic carbocycles. The molecule has 1 rings (SSSR count). The number of nitrogens with one attached hydrogen (secondary N) is 1. The molecule has 19 heavy (non-hydrogen) atoms. The van der Waals surface area contributed by atoms with Gasteiger partial charge in [-0.05, 0) is 44.1 Å². The Kier molecular flexibility index (Phi) is 8.11. The lowest BCUT2D eigenvalue weighted by atomic mass is 9.88. The third-order valence-corrected chi connectivity index (χ3v) is 4.44. The molecule has 0 bridgehead atoms. The smallest absolute Gasteiger partial charge is 0.220 e. The van der Waals surface area contributed by atoms with Gasteiger partial charge in [0.2, 0.25) is 5.91 Å². The molecule has 0 radical (unpaired) electrons. The number of hydrogen-bond donors (Lipinski definition) is 2. The van der Waals surface area contributed by atoms with Crippen molar-refractivity contribution in [2.24, 2.45) is 17.6 Å². The molecule has 0 saturated heterocycles. The van der Waals surface area contributed by atoms with Gasteiger partial charge in [0.25, 0.3) is 0 Å². The van der Waals surface area contributed by atoms with Gasteiger partial charge in [-0.1, -0.05) is 39.5 Å². The number of hydrogen-bond acceptors (Lipinski definition) is 2. The van der Waals surface area contributed by atoms with E-state index in [9.17, 15) is 4.79 Å². The molecule has 1 fully saturated rings. The highest BCUT2D eigenvalue weighted by atomic mass is 16.1. The van der Waals surface area contributed by atoms with Crippen molar-refractivity contribution in [1.29, 1.82) is 0 Å². The molecule has 3 heteroatoms. The number of nitrogens with two attached hydrogens (primary N) is 1. The normalized spacial score (nSPS) is 19.2. The molecular formula is C16H32N2O. The molecule has 0 spiro atoms. The van der Waals surface area contributed by atoms with Gasteiger partial charge >= 0.3 is 0 Å². The minimum absolute atomic E-state index is 0.245. The van der Waals surface area contributed by atoms with Crippen molar-refractivity contribution in [1.82, 2.24) is 5.32 Å². The number of amides is 1. The van der Waals surface area contributed by atoms with E-state index in [1.165, 1.54) is 38.5 Å². The SMILES string of the molecule is CC(C)C(CCN)CCC(=O)NC1CCCCCC1. The molecule has 1 atom stereocenters. The Bertz CT molecular complexity index is 245. The van der Waals surface area contributed by atoms with Crippen LogP contribution >= 0.6 is 0 Å². The molecule has 3 N–H and O–H groups in total. The van der Waals surface area contributed by atoms with E-state index >= 15 is 0 Å². The lowest BCUT2D eigenvalue weighted by Crippen LogP contribution is -2.34. The first-order valence-electron chi connectivity index (χ1n) is 8.13. The maximum atomic E-state index is 12.0. The Morgan fingerprint density at radius 3 is 2.32 bits per heavy atom. The number of carbonyl (C=O) groups is 1. The van der Waals surface area contributed by atoms with Crippen molar-refractivity contribution in [3.63, 3.8) is 0 Å². The summed E-state index contributed by atoms with van der Waals surface area (Å²) in [6.07, 6.45) is 10.2.